The topological polar surface area (TPSA) is 210 Å². The predicted octanol–water partition coefficient (Wildman–Crippen LogP) is 1.29. The summed E-state index contributed by atoms with van der Waals surface area (Å²) in [6.45, 7) is 8.92. The van der Waals surface area contributed by atoms with Crippen LogP contribution in [0.15, 0.2) is 0 Å². The SMILES string of the molecule is CCCNC(=O)[C@@H](NC(=O)[C@@H]1CCCN1C(=O)[C@H](CCSC)NC(=O)[C@@H]1CCCCN1C(=O)[C@H](CCC(=O)N1CCNCC1)NC(=O)C[C@H](C)C1CCCCC1)C(C)O. The molecule has 0 aromatic rings. The number of amides is 7. The van der Waals surface area contributed by atoms with Gasteiger partial charge in [-0.25, -0.2) is 0 Å². The van der Waals surface area contributed by atoms with Crippen molar-refractivity contribution in [1.29, 1.82) is 0 Å². The molecule has 0 spiro atoms. The molecule has 1 saturated carbocycles. The van der Waals surface area contributed by atoms with Crippen molar-refractivity contribution in [2.24, 2.45) is 11.8 Å². The second-order valence-corrected chi connectivity index (χ2v) is 17.9. The van der Waals surface area contributed by atoms with E-state index < -0.39 is 65.8 Å². The molecule has 7 atom stereocenters. The molecule has 4 rings (SSSR count). The smallest absolute Gasteiger partial charge is 0.245 e. The monoisotopic (exact) mass is 849 g/mol. The van der Waals surface area contributed by atoms with Gasteiger partial charge in [-0.2, -0.15) is 11.8 Å². The van der Waals surface area contributed by atoms with E-state index in [-0.39, 0.29) is 43.5 Å². The van der Waals surface area contributed by atoms with Gasteiger partial charge in [0, 0.05) is 58.7 Å². The molecular formula is C42H72N8O8S. The first kappa shape index (κ1) is 48.2. The summed E-state index contributed by atoms with van der Waals surface area (Å²) in [5.74, 6) is -1.52. The number of aliphatic hydroxyl groups is 1. The Balaban J connectivity index is 1.48. The Hall–Kier alpha value is -3.44. The molecule has 3 heterocycles. The lowest BCUT2D eigenvalue weighted by Crippen LogP contribution is -2.61. The molecule has 7 amide bonds. The summed E-state index contributed by atoms with van der Waals surface area (Å²) in [6, 6.07) is -4.94. The van der Waals surface area contributed by atoms with Gasteiger partial charge in [0.05, 0.1) is 6.10 Å². The van der Waals surface area contributed by atoms with Crippen molar-refractivity contribution in [2.75, 3.05) is 57.8 Å². The van der Waals surface area contributed by atoms with Crippen LogP contribution in [0.4, 0.5) is 0 Å². The fourth-order valence-electron chi connectivity index (χ4n) is 8.96. The fraction of sp³-hybridized carbons (Fsp3) is 0.833. The lowest BCUT2D eigenvalue weighted by Gasteiger charge is -2.38. The maximum atomic E-state index is 14.5. The van der Waals surface area contributed by atoms with Crippen LogP contribution in [0, 0.1) is 11.8 Å². The van der Waals surface area contributed by atoms with Gasteiger partial charge in [-0.05, 0) is 82.1 Å². The van der Waals surface area contributed by atoms with Gasteiger partial charge in [0.1, 0.15) is 30.2 Å². The minimum atomic E-state index is -1.19. The van der Waals surface area contributed by atoms with Crippen LogP contribution in [0.5, 0.6) is 0 Å². The minimum Gasteiger partial charge on any atom is -0.391 e. The molecule has 0 radical (unpaired) electrons. The lowest BCUT2D eigenvalue weighted by molar-refractivity contribution is -0.147. The number of carbonyl (C=O) groups is 7. The maximum Gasteiger partial charge on any atom is 0.245 e. The van der Waals surface area contributed by atoms with Crippen LogP contribution < -0.4 is 26.6 Å². The van der Waals surface area contributed by atoms with Gasteiger partial charge in [-0.1, -0.05) is 46.0 Å². The van der Waals surface area contributed by atoms with Crippen molar-refractivity contribution in [3.63, 3.8) is 0 Å². The van der Waals surface area contributed by atoms with Gasteiger partial charge in [0.2, 0.25) is 41.4 Å². The van der Waals surface area contributed by atoms with E-state index in [1.54, 1.807) is 4.90 Å². The van der Waals surface area contributed by atoms with Gasteiger partial charge < -0.3 is 46.4 Å². The van der Waals surface area contributed by atoms with Crippen molar-refractivity contribution in [2.45, 2.75) is 153 Å². The van der Waals surface area contributed by atoms with Crippen LogP contribution in [-0.2, 0) is 33.6 Å². The summed E-state index contributed by atoms with van der Waals surface area (Å²) in [5.41, 5.74) is 0. The van der Waals surface area contributed by atoms with Crippen LogP contribution >= 0.6 is 11.8 Å². The molecule has 1 unspecified atom stereocenters. The summed E-state index contributed by atoms with van der Waals surface area (Å²) >= 11 is 1.51. The van der Waals surface area contributed by atoms with E-state index in [0.29, 0.717) is 95.9 Å². The van der Waals surface area contributed by atoms with Crippen LogP contribution in [0.2, 0.25) is 0 Å². The van der Waals surface area contributed by atoms with Crippen LogP contribution in [-0.4, -0.2) is 155 Å². The quantitative estimate of drug-likeness (QED) is 0.104. The Morgan fingerprint density at radius 3 is 1.97 bits per heavy atom. The number of hydrogen-bond donors (Lipinski definition) is 6. The summed E-state index contributed by atoms with van der Waals surface area (Å²) in [7, 11) is 0. The van der Waals surface area contributed by atoms with Crippen LogP contribution in [0.3, 0.4) is 0 Å². The van der Waals surface area contributed by atoms with E-state index in [9.17, 15) is 38.7 Å². The molecule has 3 saturated heterocycles. The van der Waals surface area contributed by atoms with E-state index in [1.807, 2.05) is 13.2 Å². The minimum absolute atomic E-state index is 0.0766. The highest BCUT2D eigenvalue weighted by Crippen LogP contribution is 2.31. The Kier molecular flexibility index (Phi) is 20.2. The summed E-state index contributed by atoms with van der Waals surface area (Å²) in [4.78, 5) is 101. The molecule has 3 aliphatic heterocycles. The van der Waals surface area contributed by atoms with E-state index in [1.165, 1.54) is 34.9 Å². The second-order valence-electron chi connectivity index (χ2n) is 17.0. The highest BCUT2D eigenvalue weighted by Gasteiger charge is 2.42. The Labute approximate surface area is 355 Å². The number of carbonyl (C=O) groups excluding carboxylic acids is 7. The van der Waals surface area contributed by atoms with Crippen molar-refractivity contribution in [1.82, 2.24) is 41.3 Å². The van der Waals surface area contributed by atoms with Crippen molar-refractivity contribution in [3.05, 3.63) is 0 Å². The predicted molar refractivity (Wildman–Crippen MR) is 227 cm³/mol. The van der Waals surface area contributed by atoms with Gasteiger partial charge in [-0.3, -0.25) is 33.6 Å². The van der Waals surface area contributed by atoms with Crippen molar-refractivity contribution in [3.8, 4) is 0 Å². The number of aliphatic hydroxyl groups excluding tert-OH is 1. The second kappa shape index (κ2) is 24.7. The number of nitrogens with one attached hydrogen (secondary N) is 5. The van der Waals surface area contributed by atoms with Gasteiger partial charge >= 0.3 is 0 Å². The number of piperidine rings is 1. The molecule has 17 heteroatoms. The number of likely N-dealkylation sites (tertiary alicyclic amines) is 2. The van der Waals surface area contributed by atoms with E-state index in [2.05, 4.69) is 33.5 Å². The molecule has 0 aromatic heterocycles. The molecule has 0 aromatic carbocycles. The van der Waals surface area contributed by atoms with Gasteiger partial charge in [0.15, 0.2) is 0 Å². The van der Waals surface area contributed by atoms with E-state index >= 15 is 0 Å². The Morgan fingerprint density at radius 2 is 1.34 bits per heavy atom. The van der Waals surface area contributed by atoms with E-state index in [4.69, 9.17) is 0 Å². The van der Waals surface area contributed by atoms with Crippen molar-refractivity contribution < 1.29 is 38.7 Å². The first-order chi connectivity index (χ1) is 28.4. The summed E-state index contributed by atoms with van der Waals surface area (Å²) in [5, 5.41) is 24.8. The van der Waals surface area contributed by atoms with E-state index in [0.717, 1.165) is 25.7 Å². The Morgan fingerprint density at radius 1 is 0.746 bits per heavy atom. The number of rotatable bonds is 20. The fourth-order valence-corrected chi connectivity index (χ4v) is 9.43. The van der Waals surface area contributed by atoms with Crippen molar-refractivity contribution >= 4 is 53.1 Å². The van der Waals surface area contributed by atoms with Crippen LogP contribution in [0.1, 0.15) is 117 Å². The average Bonchev–Trinajstić information content (AvgIpc) is 3.75. The summed E-state index contributed by atoms with van der Waals surface area (Å²) < 4.78 is 0. The molecule has 4 fully saturated rings. The molecule has 1 aliphatic carbocycles. The van der Waals surface area contributed by atoms with Crippen LogP contribution in [0.25, 0.3) is 0 Å². The standard InChI is InChI=1S/C42H72N8O8S/c1-5-19-44-40(56)37(29(3)51)47-39(55)34-15-11-23-50(34)42(58)32(18-26-59-4)46-38(54)33-14-9-10-22-49(33)41(57)31(16-17-36(53)48-24-20-43-21-25-48)45-35(52)27-28(2)30-12-7-6-8-13-30/h28-34,37,43,51H,5-27H2,1-4H3,(H,44,56)(H,45,52)(H,46,54)(H,47,55)/t28-,29?,31-,32-,33-,34-,37-/m0/s1. The molecule has 6 N–H and O–H groups in total. The average molecular weight is 849 g/mol. The lowest BCUT2D eigenvalue weighted by atomic mass is 9.79. The zero-order chi connectivity index (χ0) is 42.9. The maximum absolute atomic E-state index is 14.5. The highest BCUT2D eigenvalue weighted by molar-refractivity contribution is 7.98. The first-order valence-electron chi connectivity index (χ1n) is 22.3. The third kappa shape index (κ3) is 14.3. The number of thioether (sulfide) groups is 1. The zero-order valence-electron chi connectivity index (χ0n) is 35.9. The zero-order valence-corrected chi connectivity index (χ0v) is 36.8. The molecule has 16 nitrogen and oxygen atoms in total. The highest BCUT2D eigenvalue weighted by atomic mass is 32.2. The Bertz CT molecular complexity index is 1420. The third-order valence-corrected chi connectivity index (χ3v) is 13.1. The number of hydrogen-bond acceptors (Lipinski definition) is 10. The normalized spacial score (nSPS) is 22.7. The molecule has 4 aliphatic rings. The molecular weight excluding hydrogens is 777 g/mol. The number of piperazine rings is 1. The summed E-state index contributed by atoms with van der Waals surface area (Å²) in [6.07, 6.45) is 10.5. The third-order valence-electron chi connectivity index (χ3n) is 12.5. The van der Waals surface area contributed by atoms with Gasteiger partial charge in [0.25, 0.3) is 0 Å². The largest absolute Gasteiger partial charge is 0.391 e. The molecule has 334 valence electrons. The molecule has 0 bridgehead atoms. The van der Waals surface area contributed by atoms with Gasteiger partial charge in [-0.15, -0.1) is 0 Å². The number of nitrogens with zero attached hydrogens (tertiary/aromatic N) is 3. The molecule has 59 heavy (non-hydrogen) atoms. The first-order valence-corrected chi connectivity index (χ1v) is 23.7.